The van der Waals surface area contributed by atoms with Gasteiger partial charge in [0.15, 0.2) is 0 Å². The van der Waals surface area contributed by atoms with E-state index in [1.807, 2.05) is 0 Å². The van der Waals surface area contributed by atoms with Gasteiger partial charge in [-0.1, -0.05) is 43.7 Å². The number of oxime groups is 2. The van der Waals surface area contributed by atoms with Crippen molar-refractivity contribution in [2.45, 2.75) is 33.3 Å². The van der Waals surface area contributed by atoms with Gasteiger partial charge in [0.05, 0.1) is 12.3 Å². The summed E-state index contributed by atoms with van der Waals surface area (Å²) in [5.74, 6) is -0.608. The van der Waals surface area contributed by atoms with Crippen molar-refractivity contribution in [3.63, 3.8) is 0 Å². The van der Waals surface area contributed by atoms with Crippen LogP contribution in [-0.2, 0) is 14.5 Å². The lowest BCUT2D eigenvalue weighted by Crippen LogP contribution is -2.35. The minimum atomic E-state index is -0.608. The van der Waals surface area contributed by atoms with Crippen LogP contribution < -0.4 is 5.32 Å². The number of nitrogens with zero attached hydrogens (tertiary/aromatic N) is 3. The van der Waals surface area contributed by atoms with Crippen LogP contribution >= 0.6 is 0 Å². The molecule has 1 unspecified atom stereocenters. The van der Waals surface area contributed by atoms with E-state index in [4.69, 9.17) is 14.9 Å². The Balaban J connectivity index is 2.45. The largest absolute Gasteiger partial charge is 0.392 e. The van der Waals surface area contributed by atoms with E-state index in [-0.39, 0.29) is 30.4 Å². The summed E-state index contributed by atoms with van der Waals surface area (Å²) in [6.07, 6.45) is 2.10. The van der Waals surface area contributed by atoms with Crippen molar-refractivity contribution in [1.82, 2.24) is 5.32 Å². The molecule has 1 aliphatic rings. The summed E-state index contributed by atoms with van der Waals surface area (Å²) in [4.78, 5) is 21.8. The van der Waals surface area contributed by atoms with Crippen LogP contribution in [0.2, 0.25) is 0 Å². The second kappa shape index (κ2) is 7.43. The molecular formula is C14H20N4O3. The lowest BCUT2D eigenvalue weighted by molar-refractivity contribution is -0.114. The highest BCUT2D eigenvalue weighted by Crippen LogP contribution is 2.28. The van der Waals surface area contributed by atoms with E-state index in [2.05, 4.69) is 43.0 Å². The molecule has 21 heavy (non-hydrogen) atoms. The number of amides is 1. The Morgan fingerprint density at radius 3 is 2.95 bits per heavy atom. The number of carbonyl (C=O) groups is 1. The molecule has 1 amide bonds. The minimum absolute atomic E-state index is 0.00979. The monoisotopic (exact) mass is 292 g/mol. The Bertz CT molecular complexity index is 497. The highest BCUT2D eigenvalue weighted by molar-refractivity contribution is 6.45. The number of hydrogen-bond donors (Lipinski definition) is 1. The van der Waals surface area contributed by atoms with Crippen LogP contribution in [0.4, 0.5) is 0 Å². The molecule has 1 atom stereocenters. The third-order valence-corrected chi connectivity index (χ3v) is 2.82. The maximum Gasteiger partial charge on any atom is 0.284 e. The lowest BCUT2D eigenvalue weighted by atomic mass is 9.86. The zero-order valence-electron chi connectivity index (χ0n) is 12.5. The first-order valence-electron chi connectivity index (χ1n) is 6.59. The fraction of sp³-hybridized carbons (Fsp3) is 0.571. The van der Waals surface area contributed by atoms with Gasteiger partial charge in [-0.15, -0.1) is 0 Å². The van der Waals surface area contributed by atoms with Gasteiger partial charge in [0.25, 0.3) is 5.91 Å². The molecule has 0 spiro atoms. The molecule has 0 aromatic rings. The van der Waals surface area contributed by atoms with E-state index < -0.39 is 5.91 Å². The predicted octanol–water partition coefficient (Wildman–Crippen LogP) is 1.38. The van der Waals surface area contributed by atoms with Crippen LogP contribution in [0.5, 0.6) is 0 Å². The van der Waals surface area contributed by atoms with E-state index in [1.54, 1.807) is 6.07 Å². The normalized spacial score (nSPS) is 18.3. The van der Waals surface area contributed by atoms with Crippen molar-refractivity contribution in [3.05, 3.63) is 12.7 Å². The Morgan fingerprint density at radius 2 is 2.43 bits per heavy atom. The van der Waals surface area contributed by atoms with Crippen molar-refractivity contribution < 1.29 is 14.5 Å². The smallest absolute Gasteiger partial charge is 0.284 e. The second-order valence-electron chi connectivity index (χ2n) is 5.64. The van der Waals surface area contributed by atoms with Gasteiger partial charge in [0.2, 0.25) is 5.71 Å². The highest BCUT2D eigenvalue weighted by Gasteiger charge is 2.32. The maximum atomic E-state index is 11.7. The van der Waals surface area contributed by atoms with Gasteiger partial charge in [-0.3, -0.25) is 4.79 Å². The van der Waals surface area contributed by atoms with Gasteiger partial charge in [-0.2, -0.15) is 5.26 Å². The summed E-state index contributed by atoms with van der Waals surface area (Å²) in [6, 6.07) is 1.68. The summed E-state index contributed by atoms with van der Waals surface area (Å²) in [5, 5.41) is 18.8. The minimum Gasteiger partial charge on any atom is -0.392 e. The fourth-order valence-electron chi connectivity index (χ4n) is 1.53. The Morgan fingerprint density at radius 1 is 1.71 bits per heavy atom. The van der Waals surface area contributed by atoms with Gasteiger partial charge in [-0.25, -0.2) is 0 Å². The third kappa shape index (κ3) is 5.26. The van der Waals surface area contributed by atoms with Crippen LogP contribution in [0, 0.1) is 16.7 Å². The molecule has 0 aromatic heterocycles. The molecule has 1 N–H and O–H groups in total. The standard InChI is InChI=1S/C14H20N4O3/c1-5-6-20-18-11(8-15)13(19)16-9-10-7-12(21-17-10)14(2,3)4/h5,12H,1,6-7,9H2,2-4H3,(H,16,19)/b18-11+. The Labute approximate surface area is 124 Å². The number of rotatable bonds is 6. The molecule has 0 aliphatic carbocycles. The SMILES string of the molecule is C=CCO/N=C(\C#N)C(=O)NCC1=NOC(C(C)(C)C)C1. The van der Waals surface area contributed by atoms with Crippen LogP contribution in [0.1, 0.15) is 27.2 Å². The summed E-state index contributed by atoms with van der Waals surface area (Å²) in [5.41, 5.74) is 0.365. The molecule has 0 saturated carbocycles. The maximum absolute atomic E-state index is 11.7. The quantitative estimate of drug-likeness (QED) is 0.346. The molecule has 114 valence electrons. The van der Waals surface area contributed by atoms with Crippen molar-refractivity contribution in [1.29, 1.82) is 5.26 Å². The topological polar surface area (TPSA) is 96.1 Å². The first-order valence-corrected chi connectivity index (χ1v) is 6.59. The molecule has 1 aliphatic heterocycles. The molecule has 1 rings (SSSR count). The van der Waals surface area contributed by atoms with E-state index in [0.717, 1.165) is 5.71 Å². The number of nitriles is 1. The molecule has 0 aromatic carbocycles. The fourth-order valence-corrected chi connectivity index (χ4v) is 1.53. The van der Waals surface area contributed by atoms with E-state index in [0.29, 0.717) is 6.42 Å². The lowest BCUT2D eigenvalue weighted by Gasteiger charge is -2.23. The van der Waals surface area contributed by atoms with E-state index in [9.17, 15) is 4.79 Å². The molecule has 0 bridgehead atoms. The molecular weight excluding hydrogens is 272 g/mol. The summed E-state index contributed by atoms with van der Waals surface area (Å²) < 4.78 is 0. The molecule has 1 heterocycles. The predicted molar refractivity (Wildman–Crippen MR) is 78.6 cm³/mol. The van der Waals surface area contributed by atoms with Crippen LogP contribution in [0.15, 0.2) is 23.0 Å². The first kappa shape index (κ1) is 16.7. The highest BCUT2D eigenvalue weighted by atomic mass is 16.6. The summed E-state index contributed by atoms with van der Waals surface area (Å²) in [6.45, 7) is 9.97. The van der Waals surface area contributed by atoms with Crippen molar-refractivity contribution in [3.8, 4) is 6.07 Å². The van der Waals surface area contributed by atoms with Gasteiger partial charge < -0.3 is 15.0 Å². The van der Waals surface area contributed by atoms with Gasteiger partial charge >= 0.3 is 0 Å². The molecule has 0 fully saturated rings. The van der Waals surface area contributed by atoms with Gasteiger partial charge in [0.1, 0.15) is 18.8 Å². The number of carbonyl (C=O) groups excluding carboxylic acids is 1. The first-order chi connectivity index (χ1) is 9.88. The van der Waals surface area contributed by atoms with Crippen molar-refractivity contribution in [2.75, 3.05) is 13.2 Å². The van der Waals surface area contributed by atoms with Crippen LogP contribution in [-0.4, -0.2) is 36.6 Å². The molecule has 7 heteroatoms. The van der Waals surface area contributed by atoms with Crippen LogP contribution in [0.25, 0.3) is 0 Å². The molecule has 0 saturated heterocycles. The van der Waals surface area contributed by atoms with E-state index >= 15 is 0 Å². The average Bonchev–Trinajstić information content (AvgIpc) is 2.90. The summed E-state index contributed by atoms with van der Waals surface area (Å²) >= 11 is 0. The zero-order valence-corrected chi connectivity index (χ0v) is 12.5. The van der Waals surface area contributed by atoms with Crippen molar-refractivity contribution in [2.24, 2.45) is 15.7 Å². The molecule has 0 radical (unpaired) electrons. The summed E-state index contributed by atoms with van der Waals surface area (Å²) in [7, 11) is 0. The molecule has 7 nitrogen and oxygen atoms in total. The second-order valence-corrected chi connectivity index (χ2v) is 5.64. The van der Waals surface area contributed by atoms with Gasteiger partial charge in [0, 0.05) is 11.8 Å². The van der Waals surface area contributed by atoms with Crippen molar-refractivity contribution >= 4 is 17.3 Å². The number of hydrogen-bond acceptors (Lipinski definition) is 6. The zero-order chi connectivity index (χ0) is 15.9. The third-order valence-electron chi connectivity index (χ3n) is 2.82. The van der Waals surface area contributed by atoms with Crippen LogP contribution in [0.3, 0.4) is 0 Å². The Hall–Kier alpha value is -2.36. The van der Waals surface area contributed by atoms with Gasteiger partial charge in [-0.05, 0) is 0 Å². The Kier molecular flexibility index (Phi) is 5.91. The number of nitrogens with one attached hydrogen (secondary N) is 1. The average molecular weight is 292 g/mol. The van der Waals surface area contributed by atoms with E-state index in [1.165, 1.54) is 6.08 Å².